The lowest BCUT2D eigenvalue weighted by Crippen LogP contribution is -2.14. The summed E-state index contributed by atoms with van der Waals surface area (Å²) in [6.45, 7) is 0. The molecule has 0 unspecified atom stereocenters. The van der Waals surface area contributed by atoms with E-state index in [-0.39, 0.29) is 17.5 Å². The summed E-state index contributed by atoms with van der Waals surface area (Å²) in [6, 6.07) is 7.08. The molecule has 0 fully saturated rings. The molecule has 3 aromatic heterocycles. The largest absolute Gasteiger partial charge is 0.417 e. The smallest absolute Gasteiger partial charge is 0.325 e. The average molecular weight is 439 g/mol. The SMILES string of the molecule is O=C(Nc1cnccc1C1=CCCCC1)c1ccnc(Nc2ccc(C(F)(F)F)cn2)c1. The van der Waals surface area contributed by atoms with Crippen molar-refractivity contribution in [1.29, 1.82) is 0 Å². The van der Waals surface area contributed by atoms with Crippen molar-refractivity contribution < 1.29 is 18.0 Å². The fourth-order valence-electron chi connectivity index (χ4n) is 3.46. The highest BCUT2D eigenvalue weighted by Crippen LogP contribution is 2.31. The van der Waals surface area contributed by atoms with E-state index in [1.54, 1.807) is 18.5 Å². The number of amides is 1. The molecule has 4 rings (SSSR count). The summed E-state index contributed by atoms with van der Waals surface area (Å²) in [5, 5.41) is 5.71. The lowest BCUT2D eigenvalue weighted by molar-refractivity contribution is -0.137. The van der Waals surface area contributed by atoms with Crippen molar-refractivity contribution >= 4 is 28.8 Å². The van der Waals surface area contributed by atoms with Gasteiger partial charge in [0, 0.05) is 29.7 Å². The molecule has 1 aliphatic carbocycles. The number of nitrogens with zero attached hydrogens (tertiary/aromatic N) is 3. The molecule has 2 N–H and O–H groups in total. The normalized spacial score (nSPS) is 13.9. The van der Waals surface area contributed by atoms with Crippen LogP contribution in [0, 0.1) is 0 Å². The molecule has 164 valence electrons. The van der Waals surface area contributed by atoms with Crippen LogP contribution in [0.2, 0.25) is 0 Å². The Hall–Kier alpha value is -3.75. The van der Waals surface area contributed by atoms with E-state index in [9.17, 15) is 18.0 Å². The third-order valence-corrected chi connectivity index (χ3v) is 5.08. The summed E-state index contributed by atoms with van der Waals surface area (Å²) >= 11 is 0. The van der Waals surface area contributed by atoms with E-state index in [4.69, 9.17) is 0 Å². The summed E-state index contributed by atoms with van der Waals surface area (Å²) in [5.41, 5.74) is 2.27. The second kappa shape index (κ2) is 9.17. The number of carbonyl (C=O) groups is 1. The Bertz CT molecular complexity index is 1140. The van der Waals surface area contributed by atoms with Gasteiger partial charge in [-0.1, -0.05) is 6.08 Å². The third kappa shape index (κ3) is 5.11. The molecule has 0 atom stereocenters. The van der Waals surface area contributed by atoms with Crippen LogP contribution in [0.5, 0.6) is 0 Å². The van der Waals surface area contributed by atoms with Crippen LogP contribution in [0.1, 0.15) is 47.2 Å². The number of pyridine rings is 3. The van der Waals surface area contributed by atoms with Crippen LogP contribution < -0.4 is 10.6 Å². The molecule has 0 saturated heterocycles. The van der Waals surface area contributed by atoms with Gasteiger partial charge in [-0.15, -0.1) is 0 Å². The van der Waals surface area contributed by atoms with Crippen molar-refractivity contribution in [3.63, 3.8) is 0 Å². The van der Waals surface area contributed by atoms with Crippen LogP contribution in [0.3, 0.4) is 0 Å². The molecule has 9 heteroatoms. The molecule has 0 bridgehead atoms. The van der Waals surface area contributed by atoms with Gasteiger partial charge in [0.1, 0.15) is 11.6 Å². The molecular formula is C23H20F3N5O. The minimum atomic E-state index is -4.46. The molecule has 6 nitrogen and oxygen atoms in total. The number of carbonyl (C=O) groups excluding carboxylic acids is 1. The van der Waals surface area contributed by atoms with Gasteiger partial charge >= 0.3 is 6.18 Å². The van der Waals surface area contributed by atoms with E-state index in [1.165, 1.54) is 23.9 Å². The Labute approximate surface area is 182 Å². The summed E-state index contributed by atoms with van der Waals surface area (Å²) in [6.07, 6.45) is 7.48. The van der Waals surface area contributed by atoms with Crippen molar-refractivity contribution in [2.45, 2.75) is 31.9 Å². The first-order valence-corrected chi connectivity index (χ1v) is 10.1. The number of nitrogens with one attached hydrogen (secondary N) is 2. The average Bonchev–Trinajstić information content (AvgIpc) is 2.80. The number of anilines is 3. The maximum absolute atomic E-state index is 12.9. The zero-order chi connectivity index (χ0) is 22.6. The summed E-state index contributed by atoms with van der Waals surface area (Å²) in [5.74, 6) is 0.120. The van der Waals surface area contributed by atoms with Crippen LogP contribution in [0.15, 0.2) is 61.2 Å². The number of aromatic nitrogens is 3. The number of rotatable bonds is 5. The van der Waals surface area contributed by atoms with Crippen molar-refractivity contribution in [2.24, 2.45) is 0 Å². The van der Waals surface area contributed by atoms with Gasteiger partial charge in [0.2, 0.25) is 0 Å². The summed E-state index contributed by atoms with van der Waals surface area (Å²) < 4.78 is 38.1. The first kappa shape index (κ1) is 21.5. The predicted molar refractivity (Wildman–Crippen MR) is 115 cm³/mol. The Balaban J connectivity index is 1.49. The summed E-state index contributed by atoms with van der Waals surface area (Å²) in [7, 11) is 0. The number of hydrogen-bond donors (Lipinski definition) is 2. The van der Waals surface area contributed by atoms with E-state index >= 15 is 0 Å². The zero-order valence-electron chi connectivity index (χ0n) is 17.0. The minimum Gasteiger partial charge on any atom is -0.325 e. The molecule has 0 aliphatic heterocycles. The van der Waals surface area contributed by atoms with E-state index in [0.717, 1.165) is 43.5 Å². The maximum atomic E-state index is 12.9. The highest BCUT2D eigenvalue weighted by molar-refractivity contribution is 6.05. The molecular weight excluding hydrogens is 419 g/mol. The van der Waals surface area contributed by atoms with E-state index < -0.39 is 11.7 Å². The van der Waals surface area contributed by atoms with Gasteiger partial charge in [-0.25, -0.2) is 9.97 Å². The van der Waals surface area contributed by atoms with Crippen LogP contribution in [-0.2, 0) is 6.18 Å². The standard InChI is InChI=1S/C23H20F3N5O/c24-23(25,26)17-6-7-20(29-13-17)31-21-12-16(8-11-28-21)22(32)30-19-14-27-10-9-18(19)15-4-2-1-3-5-15/h4,6-14H,1-3,5H2,(H,30,32)(H,28,29,31). The van der Waals surface area contributed by atoms with Crippen molar-refractivity contribution in [3.05, 3.63) is 77.9 Å². The Morgan fingerprint density at radius 3 is 2.56 bits per heavy atom. The van der Waals surface area contributed by atoms with Gasteiger partial charge in [0.15, 0.2) is 0 Å². The quantitative estimate of drug-likeness (QED) is 0.522. The fourth-order valence-corrected chi connectivity index (χ4v) is 3.46. The topological polar surface area (TPSA) is 79.8 Å². The first-order chi connectivity index (χ1) is 15.4. The molecule has 0 aromatic carbocycles. The molecule has 0 spiro atoms. The Kier molecular flexibility index (Phi) is 6.16. The molecule has 3 heterocycles. The van der Waals surface area contributed by atoms with Crippen molar-refractivity contribution in [3.8, 4) is 0 Å². The Morgan fingerprint density at radius 1 is 0.969 bits per heavy atom. The second-order valence-corrected chi connectivity index (χ2v) is 7.34. The molecule has 3 aromatic rings. The van der Waals surface area contributed by atoms with Gasteiger partial charge in [0.25, 0.3) is 5.91 Å². The van der Waals surface area contributed by atoms with Gasteiger partial charge in [0.05, 0.1) is 17.4 Å². The summed E-state index contributed by atoms with van der Waals surface area (Å²) in [4.78, 5) is 24.9. The lowest BCUT2D eigenvalue weighted by atomic mass is 9.93. The van der Waals surface area contributed by atoms with E-state index in [1.807, 2.05) is 6.07 Å². The Morgan fingerprint density at radius 2 is 1.84 bits per heavy atom. The van der Waals surface area contributed by atoms with Crippen LogP contribution in [0.4, 0.5) is 30.5 Å². The minimum absolute atomic E-state index is 0.182. The molecule has 0 radical (unpaired) electrons. The van der Waals surface area contributed by atoms with E-state index in [2.05, 4.69) is 31.7 Å². The zero-order valence-corrected chi connectivity index (χ0v) is 17.0. The first-order valence-electron chi connectivity index (χ1n) is 10.1. The highest BCUT2D eigenvalue weighted by Gasteiger charge is 2.30. The van der Waals surface area contributed by atoms with E-state index in [0.29, 0.717) is 11.3 Å². The number of alkyl halides is 3. The van der Waals surface area contributed by atoms with Crippen molar-refractivity contribution in [1.82, 2.24) is 15.0 Å². The lowest BCUT2D eigenvalue weighted by Gasteiger charge is -2.16. The maximum Gasteiger partial charge on any atom is 0.417 e. The van der Waals surface area contributed by atoms with Crippen molar-refractivity contribution in [2.75, 3.05) is 10.6 Å². The predicted octanol–water partition coefficient (Wildman–Crippen LogP) is 5.84. The van der Waals surface area contributed by atoms with Gasteiger partial charge in [-0.3, -0.25) is 9.78 Å². The highest BCUT2D eigenvalue weighted by atomic mass is 19.4. The number of allylic oxidation sites excluding steroid dienone is 2. The number of hydrogen-bond acceptors (Lipinski definition) is 5. The monoisotopic (exact) mass is 439 g/mol. The molecule has 0 saturated carbocycles. The third-order valence-electron chi connectivity index (χ3n) is 5.08. The second-order valence-electron chi connectivity index (χ2n) is 7.34. The van der Waals surface area contributed by atoms with Gasteiger partial charge < -0.3 is 10.6 Å². The fraction of sp³-hybridized carbons (Fsp3) is 0.217. The van der Waals surface area contributed by atoms with Crippen LogP contribution >= 0.6 is 0 Å². The molecule has 32 heavy (non-hydrogen) atoms. The van der Waals surface area contributed by atoms with Crippen LogP contribution in [-0.4, -0.2) is 20.9 Å². The van der Waals surface area contributed by atoms with Crippen LogP contribution in [0.25, 0.3) is 5.57 Å². The molecule has 1 aliphatic rings. The number of halogens is 3. The van der Waals surface area contributed by atoms with Gasteiger partial charge in [-0.05, 0) is 61.6 Å². The van der Waals surface area contributed by atoms with Gasteiger partial charge in [-0.2, -0.15) is 13.2 Å². The molecule has 1 amide bonds.